The Morgan fingerprint density at radius 1 is 1.08 bits per heavy atom. The summed E-state index contributed by atoms with van der Waals surface area (Å²) in [5.41, 5.74) is 0.776. The van der Waals surface area contributed by atoms with Gasteiger partial charge in [0.05, 0.1) is 4.90 Å². The van der Waals surface area contributed by atoms with Gasteiger partial charge in [0.25, 0.3) is 0 Å². The lowest BCUT2D eigenvalue weighted by Gasteiger charge is -2.19. The van der Waals surface area contributed by atoms with Crippen LogP contribution in [0.5, 0.6) is 0 Å². The van der Waals surface area contributed by atoms with Gasteiger partial charge in [-0.3, -0.25) is 4.79 Å². The Labute approximate surface area is 150 Å². The van der Waals surface area contributed by atoms with E-state index in [9.17, 15) is 13.2 Å². The van der Waals surface area contributed by atoms with Crippen molar-refractivity contribution in [3.8, 4) is 0 Å². The monoisotopic (exact) mass is 362 g/mol. The van der Waals surface area contributed by atoms with E-state index >= 15 is 0 Å². The molecule has 3 rings (SSSR count). The van der Waals surface area contributed by atoms with E-state index in [4.69, 9.17) is 0 Å². The average molecular weight is 362 g/mol. The molecule has 1 aliphatic heterocycles. The molecule has 0 spiro atoms. The number of hydrogen-bond acceptors (Lipinski definition) is 3. The summed E-state index contributed by atoms with van der Waals surface area (Å²) in [5.74, 6) is -0.110. The minimum atomic E-state index is -3.42. The molecule has 1 aromatic rings. The van der Waals surface area contributed by atoms with Crippen molar-refractivity contribution < 1.29 is 13.2 Å². The third-order valence-corrected chi connectivity index (χ3v) is 6.85. The Morgan fingerprint density at radius 3 is 2.24 bits per heavy atom. The first-order chi connectivity index (χ1) is 11.9. The molecule has 1 aromatic carbocycles. The Bertz CT molecular complexity index is 741. The second kappa shape index (κ2) is 7.30. The van der Waals surface area contributed by atoms with Crippen LogP contribution in [-0.4, -0.2) is 37.3 Å². The van der Waals surface area contributed by atoms with Crippen molar-refractivity contribution in [3.05, 3.63) is 35.9 Å². The number of rotatable bonds is 5. The maximum Gasteiger partial charge on any atom is 0.244 e. The molecular formula is C19H26N2O3S. The van der Waals surface area contributed by atoms with Gasteiger partial charge in [-0.2, -0.15) is 4.31 Å². The molecule has 1 heterocycles. The highest BCUT2D eigenvalue weighted by Crippen LogP contribution is 2.34. The number of carbonyl (C=O) groups is 1. The fourth-order valence-electron chi connectivity index (χ4n) is 3.01. The van der Waals surface area contributed by atoms with Crippen molar-refractivity contribution in [1.82, 2.24) is 9.62 Å². The van der Waals surface area contributed by atoms with Crippen LogP contribution >= 0.6 is 0 Å². The van der Waals surface area contributed by atoms with Gasteiger partial charge in [-0.05, 0) is 56.4 Å². The predicted molar refractivity (Wildman–Crippen MR) is 98.5 cm³/mol. The molecule has 1 saturated heterocycles. The molecule has 0 unspecified atom stereocenters. The summed E-state index contributed by atoms with van der Waals surface area (Å²) in [6.45, 7) is 3.23. The molecule has 1 saturated carbocycles. The fraction of sp³-hybridized carbons (Fsp3) is 0.526. The van der Waals surface area contributed by atoms with Crippen LogP contribution < -0.4 is 5.32 Å². The van der Waals surface area contributed by atoms with Crippen LogP contribution in [-0.2, 0) is 14.8 Å². The van der Waals surface area contributed by atoms with E-state index < -0.39 is 10.0 Å². The molecule has 0 radical (unpaired) electrons. The minimum absolute atomic E-state index is 0.0352. The van der Waals surface area contributed by atoms with Crippen LogP contribution in [0.1, 0.15) is 51.0 Å². The van der Waals surface area contributed by atoms with Crippen LogP contribution in [0.2, 0.25) is 0 Å². The molecule has 2 aliphatic rings. The summed E-state index contributed by atoms with van der Waals surface area (Å²) < 4.78 is 27.0. The second-order valence-electron chi connectivity index (χ2n) is 7.27. The van der Waals surface area contributed by atoms with Gasteiger partial charge in [0.2, 0.25) is 15.9 Å². The van der Waals surface area contributed by atoms with Crippen molar-refractivity contribution in [2.45, 2.75) is 55.9 Å². The molecule has 136 valence electrons. The largest absolute Gasteiger partial charge is 0.347 e. The minimum Gasteiger partial charge on any atom is -0.347 e. The molecule has 0 atom stereocenters. The Kier molecular flexibility index (Phi) is 5.29. The van der Waals surface area contributed by atoms with Gasteiger partial charge in [0, 0.05) is 24.7 Å². The highest BCUT2D eigenvalue weighted by Gasteiger charge is 2.38. The summed E-state index contributed by atoms with van der Waals surface area (Å²) in [6.07, 6.45) is 9.30. The summed E-state index contributed by atoms with van der Waals surface area (Å²) in [4.78, 5) is 12.2. The SMILES string of the molecule is CC1(NC(=O)/C=C/c2ccc(S(=O)(=O)N3CCCCCC3)cc2)CC1. The smallest absolute Gasteiger partial charge is 0.244 e. The van der Waals surface area contributed by atoms with Gasteiger partial charge in [0.1, 0.15) is 0 Å². The highest BCUT2D eigenvalue weighted by molar-refractivity contribution is 7.89. The van der Waals surface area contributed by atoms with Crippen molar-refractivity contribution in [3.63, 3.8) is 0 Å². The van der Waals surface area contributed by atoms with Crippen LogP contribution in [0.25, 0.3) is 6.08 Å². The first-order valence-corrected chi connectivity index (χ1v) is 10.4. The summed E-state index contributed by atoms with van der Waals surface area (Å²) in [7, 11) is -3.42. The topological polar surface area (TPSA) is 66.5 Å². The third-order valence-electron chi connectivity index (χ3n) is 4.94. The maximum absolute atomic E-state index is 12.7. The van der Waals surface area contributed by atoms with E-state index in [0.29, 0.717) is 18.0 Å². The molecule has 1 amide bonds. The summed E-state index contributed by atoms with van der Waals surface area (Å²) in [6, 6.07) is 6.74. The van der Waals surface area contributed by atoms with E-state index in [0.717, 1.165) is 44.1 Å². The number of amides is 1. The molecule has 25 heavy (non-hydrogen) atoms. The maximum atomic E-state index is 12.7. The number of nitrogens with zero attached hydrogens (tertiary/aromatic N) is 1. The third kappa shape index (κ3) is 4.70. The molecule has 1 N–H and O–H groups in total. The van der Waals surface area contributed by atoms with E-state index in [-0.39, 0.29) is 11.4 Å². The number of benzene rings is 1. The van der Waals surface area contributed by atoms with Gasteiger partial charge in [-0.1, -0.05) is 25.0 Å². The molecule has 0 bridgehead atoms. The Hall–Kier alpha value is -1.66. The quantitative estimate of drug-likeness (QED) is 0.819. The van der Waals surface area contributed by atoms with E-state index in [1.54, 1.807) is 34.6 Å². The van der Waals surface area contributed by atoms with E-state index in [1.165, 1.54) is 6.08 Å². The zero-order valence-electron chi connectivity index (χ0n) is 14.7. The Morgan fingerprint density at radius 2 is 1.68 bits per heavy atom. The molecule has 5 nitrogen and oxygen atoms in total. The van der Waals surface area contributed by atoms with Gasteiger partial charge >= 0.3 is 0 Å². The molecular weight excluding hydrogens is 336 g/mol. The van der Waals surface area contributed by atoms with Crippen LogP contribution in [0, 0.1) is 0 Å². The zero-order valence-corrected chi connectivity index (χ0v) is 15.5. The normalized spacial score (nSPS) is 21.0. The van der Waals surface area contributed by atoms with Gasteiger partial charge in [-0.15, -0.1) is 0 Å². The van der Waals surface area contributed by atoms with Crippen molar-refractivity contribution in [2.24, 2.45) is 0 Å². The lowest BCUT2D eigenvalue weighted by atomic mass is 10.2. The van der Waals surface area contributed by atoms with Gasteiger partial charge < -0.3 is 5.32 Å². The second-order valence-corrected chi connectivity index (χ2v) is 9.21. The summed E-state index contributed by atoms with van der Waals surface area (Å²) in [5, 5.41) is 2.96. The molecule has 6 heteroatoms. The molecule has 1 aliphatic carbocycles. The van der Waals surface area contributed by atoms with Crippen LogP contribution in [0.4, 0.5) is 0 Å². The fourth-order valence-corrected chi connectivity index (χ4v) is 4.52. The van der Waals surface area contributed by atoms with Crippen LogP contribution in [0.3, 0.4) is 0 Å². The van der Waals surface area contributed by atoms with E-state index in [1.807, 2.05) is 6.92 Å². The predicted octanol–water partition coefficient (Wildman–Crippen LogP) is 2.93. The van der Waals surface area contributed by atoms with E-state index in [2.05, 4.69) is 5.32 Å². The number of hydrogen-bond donors (Lipinski definition) is 1. The van der Waals surface area contributed by atoms with Crippen LogP contribution in [0.15, 0.2) is 35.2 Å². The zero-order chi connectivity index (χ0) is 17.9. The first kappa shape index (κ1) is 18.1. The number of sulfonamides is 1. The lowest BCUT2D eigenvalue weighted by molar-refractivity contribution is -0.117. The average Bonchev–Trinajstić information content (AvgIpc) is 3.36. The standard InChI is InChI=1S/C19H26N2O3S/c1-19(12-13-19)20-18(22)11-8-16-6-9-17(10-7-16)25(23,24)21-14-4-2-3-5-15-21/h6-11H,2-5,12-15H2,1H3,(H,20,22)/b11-8+. The first-order valence-electron chi connectivity index (χ1n) is 9.00. The van der Waals surface area contributed by atoms with Gasteiger partial charge in [0.15, 0.2) is 0 Å². The number of carbonyl (C=O) groups excluding carboxylic acids is 1. The van der Waals surface area contributed by atoms with Crippen molar-refractivity contribution >= 4 is 22.0 Å². The van der Waals surface area contributed by atoms with Gasteiger partial charge in [-0.25, -0.2) is 8.42 Å². The van der Waals surface area contributed by atoms with Crippen molar-refractivity contribution in [1.29, 1.82) is 0 Å². The molecule has 0 aromatic heterocycles. The Balaban J connectivity index is 1.65. The number of nitrogens with one attached hydrogen (secondary N) is 1. The highest BCUT2D eigenvalue weighted by atomic mass is 32.2. The summed E-state index contributed by atoms with van der Waals surface area (Å²) >= 11 is 0. The van der Waals surface area contributed by atoms with Crippen molar-refractivity contribution in [2.75, 3.05) is 13.1 Å². The lowest BCUT2D eigenvalue weighted by Crippen LogP contribution is -2.32. The molecule has 2 fully saturated rings.